The number of carbonyl (C=O) groups is 1. The quantitative estimate of drug-likeness (QED) is 0.933. The lowest BCUT2D eigenvalue weighted by molar-refractivity contribution is 0.202. The van der Waals surface area contributed by atoms with Crippen LogP contribution in [0.25, 0.3) is 5.65 Å². The molecule has 7 heteroatoms. The third-order valence-electron chi connectivity index (χ3n) is 4.31. The summed E-state index contributed by atoms with van der Waals surface area (Å²) in [5, 5.41) is 10.9. The number of hydrogen-bond donors (Lipinski definition) is 1. The summed E-state index contributed by atoms with van der Waals surface area (Å²) in [5.74, 6) is 0.465. The van der Waals surface area contributed by atoms with Crippen molar-refractivity contribution in [2.75, 3.05) is 31.5 Å². The first-order chi connectivity index (χ1) is 10.7. The molecule has 0 unspecified atom stereocenters. The minimum absolute atomic E-state index is 0.104. The largest absolute Gasteiger partial charge is 0.324 e. The molecule has 0 bridgehead atoms. The normalized spacial score (nSPS) is 18.3. The number of amides is 2. The number of anilines is 1. The second kappa shape index (κ2) is 6.31. The van der Waals surface area contributed by atoms with Crippen LogP contribution in [-0.2, 0) is 0 Å². The maximum atomic E-state index is 12.4. The lowest BCUT2D eigenvalue weighted by atomic mass is 10.2. The molecule has 2 amide bonds. The van der Waals surface area contributed by atoms with Gasteiger partial charge in [-0.3, -0.25) is 14.6 Å². The number of likely N-dealkylation sites (N-methyl/N-ethyl adjacent to an activating group) is 1. The summed E-state index contributed by atoms with van der Waals surface area (Å²) in [6.45, 7) is 7.91. The van der Waals surface area contributed by atoms with Gasteiger partial charge in [-0.2, -0.15) is 0 Å². The molecule has 1 aliphatic rings. The van der Waals surface area contributed by atoms with Crippen molar-refractivity contribution in [2.45, 2.75) is 26.3 Å². The van der Waals surface area contributed by atoms with Gasteiger partial charge >= 0.3 is 6.03 Å². The van der Waals surface area contributed by atoms with Crippen molar-refractivity contribution in [2.24, 2.45) is 0 Å². The van der Waals surface area contributed by atoms with Gasteiger partial charge in [-0.1, -0.05) is 19.9 Å². The van der Waals surface area contributed by atoms with Gasteiger partial charge in [0.05, 0.1) is 0 Å². The van der Waals surface area contributed by atoms with Crippen LogP contribution in [0.5, 0.6) is 0 Å². The number of urea groups is 1. The second-order valence-corrected chi connectivity index (χ2v) is 5.49. The van der Waals surface area contributed by atoms with Crippen LogP contribution in [0.15, 0.2) is 24.4 Å². The molecular formula is C15H22N6O. The summed E-state index contributed by atoms with van der Waals surface area (Å²) < 4.78 is 1.77. The number of aromatic nitrogens is 3. The van der Waals surface area contributed by atoms with E-state index in [1.54, 1.807) is 4.40 Å². The summed E-state index contributed by atoms with van der Waals surface area (Å²) in [6.07, 6.45) is 2.86. The topological polar surface area (TPSA) is 65.8 Å². The molecule has 22 heavy (non-hydrogen) atoms. The highest BCUT2D eigenvalue weighted by molar-refractivity contribution is 5.88. The Labute approximate surface area is 129 Å². The highest BCUT2D eigenvalue weighted by atomic mass is 16.2. The fourth-order valence-electron chi connectivity index (χ4n) is 3.07. The Morgan fingerprint density at radius 2 is 2.18 bits per heavy atom. The molecule has 0 saturated carbocycles. The Balaban J connectivity index is 1.66. The van der Waals surface area contributed by atoms with Crippen LogP contribution in [0, 0.1) is 0 Å². The first-order valence-electron chi connectivity index (χ1n) is 7.82. The second-order valence-electron chi connectivity index (χ2n) is 5.49. The van der Waals surface area contributed by atoms with Crippen molar-refractivity contribution in [3.8, 4) is 0 Å². The molecule has 1 aliphatic heterocycles. The van der Waals surface area contributed by atoms with Gasteiger partial charge in [-0.05, 0) is 31.6 Å². The lowest BCUT2D eigenvalue weighted by Crippen LogP contribution is -2.40. The van der Waals surface area contributed by atoms with E-state index in [2.05, 4.69) is 34.3 Å². The van der Waals surface area contributed by atoms with Crippen molar-refractivity contribution >= 4 is 17.6 Å². The monoisotopic (exact) mass is 302 g/mol. The van der Waals surface area contributed by atoms with Gasteiger partial charge in [0, 0.05) is 25.3 Å². The summed E-state index contributed by atoms with van der Waals surface area (Å²) in [5.41, 5.74) is 0.722. The van der Waals surface area contributed by atoms with Crippen LogP contribution < -0.4 is 5.32 Å². The van der Waals surface area contributed by atoms with Crippen LogP contribution in [0.3, 0.4) is 0 Å². The zero-order valence-electron chi connectivity index (χ0n) is 13.1. The first kappa shape index (κ1) is 14.8. The van der Waals surface area contributed by atoms with Crippen LogP contribution in [0.2, 0.25) is 0 Å². The van der Waals surface area contributed by atoms with Crippen molar-refractivity contribution < 1.29 is 4.79 Å². The molecule has 118 valence electrons. The molecule has 1 atom stereocenters. The number of carbonyl (C=O) groups excluding carboxylic acids is 1. The fourth-order valence-corrected chi connectivity index (χ4v) is 3.07. The van der Waals surface area contributed by atoms with E-state index in [-0.39, 0.29) is 6.03 Å². The molecule has 1 N–H and O–H groups in total. The van der Waals surface area contributed by atoms with Gasteiger partial charge in [0.1, 0.15) is 0 Å². The van der Waals surface area contributed by atoms with Crippen LogP contribution in [-0.4, -0.2) is 62.6 Å². The molecule has 2 aromatic heterocycles. The molecule has 0 aliphatic carbocycles. The van der Waals surface area contributed by atoms with E-state index in [1.807, 2.05) is 29.3 Å². The number of hydrogen-bond acceptors (Lipinski definition) is 4. The summed E-state index contributed by atoms with van der Waals surface area (Å²) in [7, 11) is 0. The van der Waals surface area contributed by atoms with Gasteiger partial charge in [0.2, 0.25) is 5.95 Å². The van der Waals surface area contributed by atoms with Crippen LogP contribution in [0.1, 0.15) is 20.3 Å². The van der Waals surface area contributed by atoms with Gasteiger partial charge < -0.3 is 4.90 Å². The number of nitrogens with one attached hydrogen (secondary N) is 1. The predicted molar refractivity (Wildman–Crippen MR) is 84.9 cm³/mol. The molecule has 3 rings (SSSR count). The molecule has 1 fully saturated rings. The van der Waals surface area contributed by atoms with Crippen LogP contribution >= 0.6 is 0 Å². The van der Waals surface area contributed by atoms with E-state index < -0.39 is 0 Å². The van der Waals surface area contributed by atoms with E-state index >= 15 is 0 Å². The van der Waals surface area contributed by atoms with E-state index in [9.17, 15) is 4.79 Å². The highest BCUT2D eigenvalue weighted by Gasteiger charge is 2.29. The fraction of sp³-hybridized carbons (Fsp3) is 0.533. The van der Waals surface area contributed by atoms with E-state index in [1.165, 1.54) is 0 Å². The van der Waals surface area contributed by atoms with E-state index in [4.69, 9.17) is 0 Å². The molecule has 3 heterocycles. The zero-order chi connectivity index (χ0) is 15.5. The molecule has 2 aromatic rings. The maximum absolute atomic E-state index is 12.4. The Morgan fingerprint density at radius 3 is 2.95 bits per heavy atom. The lowest BCUT2D eigenvalue weighted by Gasteiger charge is -2.26. The SMILES string of the molecule is CCN(CC)[C@H]1CCN(C(=O)Nc2nnc3ccccn23)C1. The Kier molecular flexibility index (Phi) is 4.24. The number of rotatable bonds is 4. The van der Waals surface area contributed by atoms with E-state index in [0.717, 1.165) is 38.2 Å². The number of pyridine rings is 1. The average Bonchev–Trinajstić information content (AvgIpc) is 3.17. The molecule has 7 nitrogen and oxygen atoms in total. The van der Waals surface area contributed by atoms with Gasteiger partial charge in [0.25, 0.3) is 0 Å². The Bertz CT molecular complexity index is 650. The van der Waals surface area contributed by atoms with Gasteiger partial charge in [-0.25, -0.2) is 4.79 Å². The standard InChI is InChI=1S/C15H22N6O/c1-3-19(4-2)12-8-10-20(11-12)15(22)16-14-18-17-13-7-5-6-9-21(13)14/h5-7,9,12H,3-4,8,10-11H2,1-2H3,(H,16,18,22)/t12-/m0/s1. The zero-order valence-corrected chi connectivity index (χ0v) is 13.1. The average molecular weight is 302 g/mol. The summed E-state index contributed by atoms with van der Waals surface area (Å²) in [6, 6.07) is 5.99. The first-order valence-corrected chi connectivity index (χ1v) is 7.82. The van der Waals surface area contributed by atoms with Gasteiger partial charge in [0.15, 0.2) is 5.65 Å². The van der Waals surface area contributed by atoms with Crippen molar-refractivity contribution in [1.82, 2.24) is 24.4 Å². The molecular weight excluding hydrogens is 280 g/mol. The summed E-state index contributed by atoms with van der Waals surface area (Å²) >= 11 is 0. The predicted octanol–water partition coefficient (Wildman–Crippen LogP) is 1.68. The minimum Gasteiger partial charge on any atom is -0.323 e. The molecule has 1 saturated heterocycles. The van der Waals surface area contributed by atoms with Crippen LogP contribution in [0.4, 0.5) is 10.7 Å². The van der Waals surface area contributed by atoms with Crippen molar-refractivity contribution in [1.29, 1.82) is 0 Å². The number of fused-ring (bicyclic) bond motifs is 1. The minimum atomic E-state index is -0.104. The summed E-state index contributed by atoms with van der Waals surface area (Å²) in [4.78, 5) is 16.7. The molecule has 0 aromatic carbocycles. The van der Waals surface area contributed by atoms with Crippen molar-refractivity contribution in [3.63, 3.8) is 0 Å². The third-order valence-corrected chi connectivity index (χ3v) is 4.31. The van der Waals surface area contributed by atoms with Gasteiger partial charge in [-0.15, -0.1) is 10.2 Å². The smallest absolute Gasteiger partial charge is 0.323 e. The number of likely N-dealkylation sites (tertiary alicyclic amines) is 1. The molecule has 0 spiro atoms. The third kappa shape index (κ3) is 2.76. The Hall–Kier alpha value is -2.15. The Morgan fingerprint density at radius 1 is 1.36 bits per heavy atom. The molecule has 0 radical (unpaired) electrons. The maximum Gasteiger partial charge on any atom is 0.324 e. The highest BCUT2D eigenvalue weighted by Crippen LogP contribution is 2.17. The number of nitrogens with zero attached hydrogens (tertiary/aromatic N) is 5. The van der Waals surface area contributed by atoms with E-state index in [0.29, 0.717) is 12.0 Å². The van der Waals surface area contributed by atoms with Crippen molar-refractivity contribution in [3.05, 3.63) is 24.4 Å².